The number of benzene rings is 1. The van der Waals surface area contributed by atoms with E-state index in [1.54, 1.807) is 12.1 Å². The number of halogens is 1. The SMILES string of the molecule is CN1CCC(CN(C)CCC(=O)c2ccc(Cl)cc2)CC1. The molecule has 1 aliphatic rings. The van der Waals surface area contributed by atoms with E-state index in [0.717, 1.165) is 24.6 Å². The minimum atomic E-state index is 0.196. The van der Waals surface area contributed by atoms with Crippen molar-refractivity contribution in [2.45, 2.75) is 19.3 Å². The monoisotopic (exact) mass is 308 g/mol. The van der Waals surface area contributed by atoms with E-state index in [9.17, 15) is 4.79 Å². The second-order valence-corrected chi connectivity index (χ2v) is 6.63. The zero-order chi connectivity index (χ0) is 15.2. The topological polar surface area (TPSA) is 23.6 Å². The number of carbonyl (C=O) groups excluding carboxylic acids is 1. The van der Waals surface area contributed by atoms with Gasteiger partial charge in [0.25, 0.3) is 0 Å². The Morgan fingerprint density at radius 3 is 2.52 bits per heavy atom. The molecule has 0 unspecified atom stereocenters. The molecule has 0 amide bonds. The zero-order valence-electron chi connectivity index (χ0n) is 13.0. The van der Waals surface area contributed by atoms with Crippen molar-refractivity contribution < 1.29 is 4.79 Å². The van der Waals surface area contributed by atoms with E-state index >= 15 is 0 Å². The molecule has 1 fully saturated rings. The lowest BCUT2D eigenvalue weighted by Crippen LogP contribution is -2.36. The molecule has 0 saturated carbocycles. The Kier molecular flexibility index (Phi) is 6.22. The maximum Gasteiger partial charge on any atom is 0.164 e. The Balaban J connectivity index is 1.72. The molecule has 1 aromatic carbocycles. The molecule has 1 saturated heterocycles. The fourth-order valence-corrected chi connectivity index (χ4v) is 2.98. The average molecular weight is 309 g/mol. The van der Waals surface area contributed by atoms with E-state index in [1.165, 1.54) is 25.9 Å². The lowest BCUT2D eigenvalue weighted by Gasteiger charge is -2.31. The van der Waals surface area contributed by atoms with Gasteiger partial charge in [-0.15, -0.1) is 0 Å². The molecule has 2 rings (SSSR count). The van der Waals surface area contributed by atoms with E-state index in [1.807, 2.05) is 12.1 Å². The third-order valence-corrected chi connectivity index (χ3v) is 4.55. The molecule has 21 heavy (non-hydrogen) atoms. The first-order valence-corrected chi connectivity index (χ1v) is 8.08. The molecule has 1 aromatic rings. The standard InChI is InChI=1S/C17H25ClN2O/c1-19-10-7-14(8-11-19)13-20(2)12-9-17(21)15-3-5-16(18)6-4-15/h3-6,14H,7-13H2,1-2H3. The van der Waals surface area contributed by atoms with Gasteiger partial charge in [-0.1, -0.05) is 11.6 Å². The van der Waals surface area contributed by atoms with Crippen LogP contribution in [0.2, 0.25) is 5.02 Å². The van der Waals surface area contributed by atoms with Crippen LogP contribution in [0.25, 0.3) is 0 Å². The highest BCUT2D eigenvalue weighted by Gasteiger charge is 2.18. The molecular formula is C17H25ClN2O. The maximum absolute atomic E-state index is 12.1. The van der Waals surface area contributed by atoms with Crippen LogP contribution in [0.3, 0.4) is 0 Å². The first-order chi connectivity index (χ1) is 10.0. The Morgan fingerprint density at radius 2 is 1.90 bits per heavy atom. The fourth-order valence-electron chi connectivity index (χ4n) is 2.85. The number of Topliss-reactive ketones (excluding diaryl/α,β-unsaturated/α-hetero) is 1. The summed E-state index contributed by atoms with van der Waals surface area (Å²) in [7, 11) is 4.30. The molecule has 0 aliphatic carbocycles. The number of piperidine rings is 1. The van der Waals surface area contributed by atoms with Gasteiger partial charge in [-0.25, -0.2) is 0 Å². The van der Waals surface area contributed by atoms with Gasteiger partial charge in [-0.2, -0.15) is 0 Å². The minimum absolute atomic E-state index is 0.196. The molecule has 0 bridgehead atoms. The third kappa shape index (κ3) is 5.42. The number of nitrogens with zero attached hydrogens (tertiary/aromatic N) is 2. The van der Waals surface area contributed by atoms with Crippen molar-refractivity contribution in [2.75, 3.05) is 40.3 Å². The highest BCUT2D eigenvalue weighted by molar-refractivity contribution is 6.30. The predicted octanol–water partition coefficient (Wildman–Crippen LogP) is 3.19. The summed E-state index contributed by atoms with van der Waals surface area (Å²) in [5.74, 6) is 0.971. The Hall–Kier alpha value is -0.900. The number of ketones is 1. The van der Waals surface area contributed by atoms with Gasteiger partial charge in [0.2, 0.25) is 0 Å². The molecule has 0 N–H and O–H groups in total. The second-order valence-electron chi connectivity index (χ2n) is 6.19. The molecule has 1 heterocycles. The predicted molar refractivity (Wildman–Crippen MR) is 88.1 cm³/mol. The molecule has 116 valence electrons. The molecule has 0 aromatic heterocycles. The van der Waals surface area contributed by atoms with Crippen LogP contribution in [0, 0.1) is 5.92 Å². The van der Waals surface area contributed by atoms with Gasteiger partial charge < -0.3 is 9.80 Å². The molecule has 3 nitrogen and oxygen atoms in total. The Bertz CT molecular complexity index is 452. The van der Waals surface area contributed by atoms with Crippen molar-refractivity contribution in [3.05, 3.63) is 34.9 Å². The largest absolute Gasteiger partial charge is 0.306 e. The van der Waals surface area contributed by atoms with Crippen LogP contribution in [0.5, 0.6) is 0 Å². The van der Waals surface area contributed by atoms with E-state index in [-0.39, 0.29) is 5.78 Å². The van der Waals surface area contributed by atoms with Crippen LogP contribution >= 0.6 is 11.6 Å². The number of hydrogen-bond acceptors (Lipinski definition) is 3. The summed E-state index contributed by atoms with van der Waals surface area (Å²) in [6.45, 7) is 4.32. The number of carbonyl (C=O) groups is 1. The third-order valence-electron chi connectivity index (χ3n) is 4.29. The van der Waals surface area contributed by atoms with Crippen molar-refractivity contribution >= 4 is 17.4 Å². The van der Waals surface area contributed by atoms with Crippen molar-refractivity contribution in [1.82, 2.24) is 9.80 Å². The molecule has 0 atom stereocenters. The van der Waals surface area contributed by atoms with E-state index in [2.05, 4.69) is 23.9 Å². The van der Waals surface area contributed by atoms with Crippen molar-refractivity contribution in [2.24, 2.45) is 5.92 Å². The van der Waals surface area contributed by atoms with E-state index < -0.39 is 0 Å². The van der Waals surface area contributed by atoms with Gasteiger partial charge in [-0.3, -0.25) is 4.79 Å². The van der Waals surface area contributed by atoms with Crippen molar-refractivity contribution in [3.63, 3.8) is 0 Å². The zero-order valence-corrected chi connectivity index (χ0v) is 13.8. The summed E-state index contributed by atoms with van der Waals surface area (Å²) < 4.78 is 0. The maximum atomic E-state index is 12.1. The Morgan fingerprint density at radius 1 is 1.29 bits per heavy atom. The van der Waals surface area contributed by atoms with Crippen LogP contribution in [-0.4, -0.2) is 55.9 Å². The van der Waals surface area contributed by atoms with E-state index in [4.69, 9.17) is 11.6 Å². The van der Waals surface area contributed by atoms with E-state index in [0.29, 0.717) is 11.4 Å². The fraction of sp³-hybridized carbons (Fsp3) is 0.588. The minimum Gasteiger partial charge on any atom is -0.306 e. The lowest BCUT2D eigenvalue weighted by molar-refractivity contribution is 0.0961. The molecule has 4 heteroatoms. The van der Waals surface area contributed by atoms with Crippen LogP contribution < -0.4 is 0 Å². The highest BCUT2D eigenvalue weighted by atomic mass is 35.5. The van der Waals surface area contributed by atoms with Crippen LogP contribution in [0.15, 0.2) is 24.3 Å². The lowest BCUT2D eigenvalue weighted by atomic mass is 9.96. The molecule has 0 spiro atoms. The molecule has 1 aliphatic heterocycles. The summed E-state index contributed by atoms with van der Waals surface area (Å²) in [6.07, 6.45) is 3.11. The van der Waals surface area contributed by atoms with Gasteiger partial charge >= 0.3 is 0 Å². The molecule has 0 radical (unpaired) electrons. The number of likely N-dealkylation sites (tertiary alicyclic amines) is 1. The number of hydrogen-bond donors (Lipinski definition) is 0. The summed E-state index contributed by atoms with van der Waals surface area (Å²) in [5, 5.41) is 0.672. The smallest absolute Gasteiger partial charge is 0.164 e. The quantitative estimate of drug-likeness (QED) is 0.754. The highest BCUT2D eigenvalue weighted by Crippen LogP contribution is 2.17. The van der Waals surface area contributed by atoms with Gasteiger partial charge in [-0.05, 0) is 70.2 Å². The first-order valence-electron chi connectivity index (χ1n) is 7.70. The number of rotatable bonds is 6. The average Bonchev–Trinajstić information content (AvgIpc) is 2.48. The summed E-state index contributed by atoms with van der Waals surface area (Å²) >= 11 is 5.84. The van der Waals surface area contributed by atoms with Crippen LogP contribution in [0.1, 0.15) is 29.6 Å². The summed E-state index contributed by atoms with van der Waals surface area (Å²) in [5.41, 5.74) is 0.757. The van der Waals surface area contributed by atoms with Gasteiger partial charge in [0.05, 0.1) is 0 Å². The first kappa shape index (κ1) is 16.5. The van der Waals surface area contributed by atoms with Crippen molar-refractivity contribution in [3.8, 4) is 0 Å². The summed E-state index contributed by atoms with van der Waals surface area (Å²) in [4.78, 5) is 16.8. The van der Waals surface area contributed by atoms with Crippen LogP contribution in [0.4, 0.5) is 0 Å². The molecular weight excluding hydrogens is 284 g/mol. The van der Waals surface area contributed by atoms with Crippen molar-refractivity contribution in [1.29, 1.82) is 0 Å². The summed E-state index contributed by atoms with van der Waals surface area (Å²) in [6, 6.07) is 7.16. The second kappa shape index (κ2) is 7.92. The van der Waals surface area contributed by atoms with Gasteiger partial charge in [0, 0.05) is 30.1 Å². The Labute approximate surface area is 132 Å². The normalized spacial score (nSPS) is 17.3. The van der Waals surface area contributed by atoms with Gasteiger partial charge in [0.1, 0.15) is 0 Å². The van der Waals surface area contributed by atoms with Crippen LogP contribution in [-0.2, 0) is 0 Å². The van der Waals surface area contributed by atoms with Gasteiger partial charge in [0.15, 0.2) is 5.78 Å².